The van der Waals surface area contributed by atoms with Crippen molar-refractivity contribution in [3.05, 3.63) is 54.1 Å². The topological polar surface area (TPSA) is 12.0 Å². The van der Waals surface area contributed by atoms with E-state index in [0.717, 1.165) is 19.9 Å². The largest absolute Gasteiger partial charge is 0.388 e. The van der Waals surface area contributed by atoms with Crippen LogP contribution in [0.15, 0.2) is 48.6 Å². The zero-order valence-corrected chi connectivity index (χ0v) is 12.8. The first-order chi connectivity index (χ1) is 8.69. The third kappa shape index (κ3) is 4.66. The molecule has 0 fully saturated rings. The molecule has 1 rings (SSSR count). The standard InChI is InChI=1S/C16H24NP/c1-13(14(2)18-4)9-8-12-16(17-3)15-10-6-5-7-11-15/h5-14,17-18H,1-4H3/b9-8-,16-12-. The van der Waals surface area contributed by atoms with Crippen LogP contribution in [0.25, 0.3) is 5.70 Å². The molecule has 0 saturated carbocycles. The molecule has 0 saturated heterocycles. The Hall–Kier alpha value is -1.07. The van der Waals surface area contributed by atoms with Crippen LogP contribution in [-0.2, 0) is 0 Å². The predicted molar refractivity (Wildman–Crippen MR) is 85.5 cm³/mol. The quantitative estimate of drug-likeness (QED) is 0.599. The van der Waals surface area contributed by atoms with Crippen molar-refractivity contribution in [2.75, 3.05) is 13.7 Å². The molecule has 0 amide bonds. The van der Waals surface area contributed by atoms with E-state index in [2.05, 4.69) is 68.3 Å². The molecule has 2 heteroatoms. The molecule has 0 spiro atoms. The first-order valence-corrected chi connectivity index (χ1v) is 8.05. The molecule has 3 unspecified atom stereocenters. The average molecular weight is 261 g/mol. The molecule has 0 bridgehead atoms. The van der Waals surface area contributed by atoms with E-state index in [1.54, 1.807) is 0 Å². The Morgan fingerprint density at radius 1 is 1.22 bits per heavy atom. The van der Waals surface area contributed by atoms with Gasteiger partial charge in [-0.2, -0.15) is 0 Å². The molecule has 0 aliphatic carbocycles. The van der Waals surface area contributed by atoms with E-state index in [1.807, 2.05) is 13.1 Å². The van der Waals surface area contributed by atoms with E-state index in [-0.39, 0.29) is 0 Å². The lowest BCUT2D eigenvalue weighted by molar-refractivity contribution is 0.713. The highest BCUT2D eigenvalue weighted by Crippen LogP contribution is 2.22. The first-order valence-electron chi connectivity index (χ1n) is 6.48. The second-order valence-electron chi connectivity index (χ2n) is 4.52. The lowest BCUT2D eigenvalue weighted by atomic mass is 10.1. The summed E-state index contributed by atoms with van der Waals surface area (Å²) in [5.74, 6) is 0.637. The molecule has 1 nitrogen and oxygen atoms in total. The molecule has 0 radical (unpaired) electrons. The SMILES string of the molecule is CN/C(=C\C=C/C(C)C(C)PC)c1ccccc1. The molecule has 3 atom stereocenters. The highest BCUT2D eigenvalue weighted by molar-refractivity contribution is 7.37. The molecular weight excluding hydrogens is 237 g/mol. The van der Waals surface area contributed by atoms with E-state index < -0.39 is 0 Å². The number of rotatable bonds is 6. The van der Waals surface area contributed by atoms with Gasteiger partial charge in [-0.25, -0.2) is 0 Å². The monoisotopic (exact) mass is 261 g/mol. The smallest absolute Gasteiger partial charge is 0.0411 e. The van der Waals surface area contributed by atoms with Crippen LogP contribution in [-0.4, -0.2) is 19.4 Å². The molecule has 1 N–H and O–H groups in total. The minimum atomic E-state index is 0.637. The number of benzene rings is 1. The van der Waals surface area contributed by atoms with Gasteiger partial charge in [0.05, 0.1) is 0 Å². The molecule has 0 heterocycles. The average Bonchev–Trinajstić information content (AvgIpc) is 2.43. The normalized spacial score (nSPS) is 16.3. The first kappa shape index (κ1) is 15.0. The van der Waals surface area contributed by atoms with Gasteiger partial charge < -0.3 is 5.32 Å². The van der Waals surface area contributed by atoms with Crippen LogP contribution in [0.3, 0.4) is 0 Å². The summed E-state index contributed by atoms with van der Waals surface area (Å²) >= 11 is 0. The zero-order chi connectivity index (χ0) is 13.4. The summed E-state index contributed by atoms with van der Waals surface area (Å²) in [6, 6.07) is 10.4. The van der Waals surface area contributed by atoms with Crippen LogP contribution in [0.5, 0.6) is 0 Å². The maximum atomic E-state index is 3.25. The molecule has 98 valence electrons. The Labute approximate surface area is 113 Å². The Balaban J connectivity index is 2.72. The molecule has 0 aliphatic heterocycles. The van der Waals surface area contributed by atoms with Crippen molar-refractivity contribution in [2.24, 2.45) is 5.92 Å². The second kappa shape index (κ2) is 8.11. The van der Waals surface area contributed by atoms with E-state index in [9.17, 15) is 0 Å². The molecule has 1 aromatic carbocycles. The van der Waals surface area contributed by atoms with Gasteiger partial charge in [-0.05, 0) is 29.9 Å². The molecule has 1 aromatic rings. The highest BCUT2D eigenvalue weighted by atomic mass is 31.1. The summed E-state index contributed by atoms with van der Waals surface area (Å²) in [5, 5.41) is 3.25. The Bertz CT molecular complexity index is 395. The Kier molecular flexibility index (Phi) is 6.75. The Morgan fingerprint density at radius 3 is 2.44 bits per heavy atom. The number of hydrogen-bond acceptors (Lipinski definition) is 1. The summed E-state index contributed by atoms with van der Waals surface area (Å²) in [6.45, 7) is 6.87. The summed E-state index contributed by atoms with van der Waals surface area (Å²) in [5.41, 5.74) is 3.15. The molecule has 18 heavy (non-hydrogen) atoms. The predicted octanol–water partition coefficient (Wildman–Crippen LogP) is 4.14. The van der Waals surface area contributed by atoms with Crippen molar-refractivity contribution in [3.63, 3.8) is 0 Å². The fourth-order valence-corrected chi connectivity index (χ4v) is 2.34. The maximum Gasteiger partial charge on any atom is 0.0411 e. The molecule has 0 aromatic heterocycles. The van der Waals surface area contributed by atoms with Crippen LogP contribution < -0.4 is 5.32 Å². The number of allylic oxidation sites excluding steroid dienone is 3. The van der Waals surface area contributed by atoms with Crippen LogP contribution >= 0.6 is 8.58 Å². The van der Waals surface area contributed by atoms with Crippen molar-refractivity contribution in [1.29, 1.82) is 0 Å². The maximum absolute atomic E-state index is 3.25. The van der Waals surface area contributed by atoms with Crippen molar-refractivity contribution >= 4 is 14.3 Å². The van der Waals surface area contributed by atoms with E-state index >= 15 is 0 Å². The summed E-state index contributed by atoms with van der Waals surface area (Å²) < 4.78 is 0. The minimum absolute atomic E-state index is 0.637. The lowest BCUT2D eigenvalue weighted by Gasteiger charge is -2.13. The summed E-state index contributed by atoms with van der Waals surface area (Å²) in [4.78, 5) is 0. The van der Waals surface area contributed by atoms with E-state index in [1.165, 1.54) is 5.56 Å². The van der Waals surface area contributed by atoms with Gasteiger partial charge in [0.25, 0.3) is 0 Å². The van der Waals surface area contributed by atoms with E-state index in [0.29, 0.717) is 5.92 Å². The van der Waals surface area contributed by atoms with Crippen molar-refractivity contribution in [2.45, 2.75) is 19.5 Å². The van der Waals surface area contributed by atoms with Gasteiger partial charge in [0.1, 0.15) is 0 Å². The van der Waals surface area contributed by atoms with Gasteiger partial charge in [-0.1, -0.05) is 56.3 Å². The van der Waals surface area contributed by atoms with Crippen molar-refractivity contribution in [1.82, 2.24) is 5.32 Å². The van der Waals surface area contributed by atoms with Gasteiger partial charge in [-0.3, -0.25) is 0 Å². The third-order valence-corrected chi connectivity index (χ3v) is 4.71. The third-order valence-electron chi connectivity index (χ3n) is 3.28. The van der Waals surface area contributed by atoms with Crippen molar-refractivity contribution in [3.8, 4) is 0 Å². The van der Waals surface area contributed by atoms with Crippen LogP contribution in [0.4, 0.5) is 0 Å². The van der Waals surface area contributed by atoms with Crippen LogP contribution in [0.2, 0.25) is 0 Å². The van der Waals surface area contributed by atoms with Crippen LogP contribution in [0.1, 0.15) is 19.4 Å². The van der Waals surface area contributed by atoms with Gasteiger partial charge >= 0.3 is 0 Å². The molecule has 0 aliphatic rings. The summed E-state index contributed by atoms with van der Waals surface area (Å²) in [6.07, 6.45) is 6.61. The van der Waals surface area contributed by atoms with Gasteiger partial charge in [0.2, 0.25) is 0 Å². The van der Waals surface area contributed by atoms with E-state index in [4.69, 9.17) is 0 Å². The van der Waals surface area contributed by atoms with Crippen LogP contribution in [0, 0.1) is 5.92 Å². The fraction of sp³-hybridized carbons (Fsp3) is 0.375. The number of nitrogens with one attached hydrogen (secondary N) is 1. The number of hydrogen-bond donors (Lipinski definition) is 1. The zero-order valence-electron chi connectivity index (χ0n) is 11.8. The lowest BCUT2D eigenvalue weighted by Crippen LogP contribution is -2.05. The Morgan fingerprint density at radius 2 is 1.89 bits per heavy atom. The minimum Gasteiger partial charge on any atom is -0.388 e. The van der Waals surface area contributed by atoms with Gasteiger partial charge in [0.15, 0.2) is 0 Å². The summed E-state index contributed by atoms with van der Waals surface area (Å²) in [7, 11) is 2.97. The second-order valence-corrected chi connectivity index (χ2v) is 6.01. The van der Waals surface area contributed by atoms with Crippen molar-refractivity contribution < 1.29 is 0 Å². The molecular formula is C16H24NP. The highest BCUT2D eigenvalue weighted by Gasteiger charge is 2.05. The van der Waals surface area contributed by atoms with Gasteiger partial charge in [-0.15, -0.1) is 8.58 Å². The fourth-order valence-electron chi connectivity index (χ4n) is 1.70. The van der Waals surface area contributed by atoms with Gasteiger partial charge in [0, 0.05) is 12.7 Å².